The highest BCUT2D eigenvalue weighted by molar-refractivity contribution is 5.42. The highest BCUT2D eigenvalue weighted by atomic mass is 16.5. The second-order valence-electron chi connectivity index (χ2n) is 4.51. The highest BCUT2D eigenvalue weighted by Gasteiger charge is 2.06. The van der Waals surface area contributed by atoms with Crippen LogP contribution in [0.5, 0.6) is 11.5 Å². The summed E-state index contributed by atoms with van der Waals surface area (Å²) in [6.07, 6.45) is 0. The summed E-state index contributed by atoms with van der Waals surface area (Å²) in [6.45, 7) is 4.96. The molecule has 2 aromatic rings. The van der Waals surface area contributed by atoms with Crippen LogP contribution in [-0.2, 0) is 6.54 Å². The van der Waals surface area contributed by atoms with E-state index >= 15 is 0 Å². The van der Waals surface area contributed by atoms with E-state index in [2.05, 4.69) is 37.4 Å². The molecule has 1 N–H and O–H groups in total. The molecule has 94 valence electrons. The summed E-state index contributed by atoms with van der Waals surface area (Å²) in [7, 11) is 1.94. The number of ether oxygens (including phenoxy) is 1. The summed E-state index contributed by atoms with van der Waals surface area (Å²) in [4.78, 5) is 0. The lowest BCUT2D eigenvalue weighted by Crippen LogP contribution is -2.06. The molecular formula is C16H19NO. The zero-order chi connectivity index (χ0) is 13.0. The van der Waals surface area contributed by atoms with Gasteiger partial charge >= 0.3 is 0 Å². The number of nitrogens with one attached hydrogen (secondary N) is 1. The second kappa shape index (κ2) is 5.69. The molecule has 0 heterocycles. The summed E-state index contributed by atoms with van der Waals surface area (Å²) < 4.78 is 6.01. The number of aryl methyl sites for hydroxylation is 2. The predicted molar refractivity (Wildman–Crippen MR) is 75.2 cm³/mol. The van der Waals surface area contributed by atoms with Gasteiger partial charge in [-0.15, -0.1) is 0 Å². The Morgan fingerprint density at radius 2 is 1.78 bits per heavy atom. The first-order valence-corrected chi connectivity index (χ1v) is 6.18. The Bertz CT molecular complexity index is 534. The Morgan fingerprint density at radius 3 is 2.50 bits per heavy atom. The number of hydrogen-bond donors (Lipinski definition) is 1. The van der Waals surface area contributed by atoms with Gasteiger partial charge in [-0.25, -0.2) is 0 Å². The van der Waals surface area contributed by atoms with Gasteiger partial charge in [0, 0.05) is 12.1 Å². The Morgan fingerprint density at radius 1 is 1.00 bits per heavy atom. The lowest BCUT2D eigenvalue weighted by atomic mass is 10.1. The van der Waals surface area contributed by atoms with Crippen molar-refractivity contribution < 1.29 is 4.74 Å². The molecule has 2 aromatic carbocycles. The zero-order valence-electron chi connectivity index (χ0n) is 11.2. The molecule has 0 amide bonds. The Kier molecular flexibility index (Phi) is 4.00. The van der Waals surface area contributed by atoms with E-state index in [1.165, 1.54) is 11.1 Å². The van der Waals surface area contributed by atoms with Crippen LogP contribution in [-0.4, -0.2) is 7.05 Å². The molecule has 0 radical (unpaired) electrons. The van der Waals surface area contributed by atoms with E-state index < -0.39 is 0 Å². The van der Waals surface area contributed by atoms with Crippen molar-refractivity contribution in [1.82, 2.24) is 5.32 Å². The highest BCUT2D eigenvalue weighted by Crippen LogP contribution is 2.28. The average Bonchev–Trinajstić information content (AvgIpc) is 2.35. The smallest absolute Gasteiger partial charge is 0.131 e. The largest absolute Gasteiger partial charge is 0.457 e. The van der Waals surface area contributed by atoms with E-state index in [0.717, 1.165) is 23.6 Å². The fraction of sp³-hybridized carbons (Fsp3) is 0.250. The van der Waals surface area contributed by atoms with E-state index in [-0.39, 0.29) is 0 Å². The lowest BCUT2D eigenvalue weighted by Gasteiger charge is -2.13. The SMILES string of the molecule is CNCc1cc(C)ccc1Oc1ccccc1C. The van der Waals surface area contributed by atoms with Crippen LogP contribution in [0.2, 0.25) is 0 Å². The maximum atomic E-state index is 6.01. The minimum Gasteiger partial charge on any atom is -0.457 e. The number of hydrogen-bond acceptors (Lipinski definition) is 2. The summed E-state index contributed by atoms with van der Waals surface area (Å²) >= 11 is 0. The molecule has 2 heteroatoms. The monoisotopic (exact) mass is 241 g/mol. The summed E-state index contributed by atoms with van der Waals surface area (Å²) in [5.41, 5.74) is 3.58. The first-order valence-electron chi connectivity index (χ1n) is 6.18. The maximum Gasteiger partial charge on any atom is 0.131 e. The van der Waals surface area contributed by atoms with Crippen molar-refractivity contribution in [3.63, 3.8) is 0 Å². The van der Waals surface area contributed by atoms with Crippen LogP contribution < -0.4 is 10.1 Å². The van der Waals surface area contributed by atoms with Gasteiger partial charge in [0.1, 0.15) is 11.5 Å². The van der Waals surface area contributed by atoms with Crippen LogP contribution in [0.1, 0.15) is 16.7 Å². The third-order valence-electron chi connectivity index (χ3n) is 2.90. The van der Waals surface area contributed by atoms with Crippen LogP contribution in [0.3, 0.4) is 0 Å². The molecular weight excluding hydrogens is 222 g/mol. The van der Waals surface area contributed by atoms with Crippen molar-refractivity contribution in [2.24, 2.45) is 0 Å². The molecule has 0 saturated heterocycles. The Balaban J connectivity index is 2.31. The molecule has 0 saturated carbocycles. The third-order valence-corrected chi connectivity index (χ3v) is 2.90. The van der Waals surface area contributed by atoms with Gasteiger partial charge in [0.15, 0.2) is 0 Å². The van der Waals surface area contributed by atoms with Gasteiger partial charge < -0.3 is 10.1 Å². The Hall–Kier alpha value is -1.80. The van der Waals surface area contributed by atoms with Gasteiger partial charge in [0.05, 0.1) is 0 Å². The van der Waals surface area contributed by atoms with Crippen LogP contribution in [0.15, 0.2) is 42.5 Å². The van der Waals surface area contributed by atoms with E-state index in [0.29, 0.717) is 0 Å². The molecule has 0 aromatic heterocycles. The predicted octanol–water partition coefficient (Wildman–Crippen LogP) is 3.82. The van der Waals surface area contributed by atoms with E-state index in [4.69, 9.17) is 4.74 Å². The minimum absolute atomic E-state index is 0.808. The summed E-state index contributed by atoms with van der Waals surface area (Å²) in [5.74, 6) is 1.84. The Labute approximate surface area is 109 Å². The number of benzene rings is 2. The van der Waals surface area contributed by atoms with Crippen LogP contribution in [0.4, 0.5) is 0 Å². The fourth-order valence-electron chi connectivity index (χ4n) is 1.93. The van der Waals surface area contributed by atoms with Gasteiger partial charge in [0.25, 0.3) is 0 Å². The number of rotatable bonds is 4. The molecule has 18 heavy (non-hydrogen) atoms. The van der Waals surface area contributed by atoms with Gasteiger partial charge in [-0.05, 0) is 38.6 Å². The van der Waals surface area contributed by atoms with Crippen molar-refractivity contribution in [3.05, 3.63) is 59.2 Å². The fourth-order valence-corrected chi connectivity index (χ4v) is 1.93. The lowest BCUT2D eigenvalue weighted by molar-refractivity contribution is 0.470. The molecule has 0 bridgehead atoms. The van der Waals surface area contributed by atoms with Crippen LogP contribution >= 0.6 is 0 Å². The molecule has 2 rings (SSSR count). The van der Waals surface area contributed by atoms with Gasteiger partial charge in [-0.1, -0.05) is 35.9 Å². The van der Waals surface area contributed by atoms with E-state index in [1.54, 1.807) is 0 Å². The van der Waals surface area contributed by atoms with Crippen molar-refractivity contribution >= 4 is 0 Å². The molecule has 0 atom stereocenters. The standard InChI is InChI=1S/C16H19NO/c1-12-8-9-16(14(10-12)11-17-3)18-15-7-5-4-6-13(15)2/h4-10,17H,11H2,1-3H3. The average molecular weight is 241 g/mol. The van der Waals surface area contributed by atoms with E-state index in [1.807, 2.05) is 31.3 Å². The van der Waals surface area contributed by atoms with Crippen molar-refractivity contribution in [3.8, 4) is 11.5 Å². The minimum atomic E-state index is 0.808. The summed E-state index contributed by atoms with van der Waals surface area (Å²) in [5, 5.41) is 3.17. The maximum absolute atomic E-state index is 6.01. The molecule has 0 spiro atoms. The molecule has 0 aliphatic carbocycles. The van der Waals surface area contributed by atoms with Crippen molar-refractivity contribution in [2.45, 2.75) is 20.4 Å². The second-order valence-corrected chi connectivity index (χ2v) is 4.51. The summed E-state index contributed by atoms with van der Waals surface area (Å²) in [6, 6.07) is 14.3. The first kappa shape index (κ1) is 12.7. The third kappa shape index (κ3) is 2.90. The molecule has 0 unspecified atom stereocenters. The normalized spacial score (nSPS) is 10.4. The molecule has 2 nitrogen and oxygen atoms in total. The first-order chi connectivity index (χ1) is 8.70. The van der Waals surface area contributed by atoms with Crippen molar-refractivity contribution in [1.29, 1.82) is 0 Å². The van der Waals surface area contributed by atoms with Gasteiger partial charge in [-0.2, -0.15) is 0 Å². The topological polar surface area (TPSA) is 21.3 Å². The molecule has 0 fully saturated rings. The quantitative estimate of drug-likeness (QED) is 0.878. The number of para-hydroxylation sites is 1. The molecule has 0 aliphatic rings. The zero-order valence-corrected chi connectivity index (χ0v) is 11.2. The van der Waals surface area contributed by atoms with E-state index in [9.17, 15) is 0 Å². The van der Waals surface area contributed by atoms with Crippen LogP contribution in [0.25, 0.3) is 0 Å². The van der Waals surface area contributed by atoms with Crippen molar-refractivity contribution in [2.75, 3.05) is 7.05 Å². The molecule has 0 aliphatic heterocycles. The van der Waals surface area contributed by atoms with Crippen LogP contribution in [0, 0.1) is 13.8 Å². The van der Waals surface area contributed by atoms with Gasteiger partial charge in [0.2, 0.25) is 0 Å². The van der Waals surface area contributed by atoms with Gasteiger partial charge in [-0.3, -0.25) is 0 Å².